The molecule has 2 aromatic heterocycles. The Morgan fingerprint density at radius 3 is 2.87 bits per heavy atom. The van der Waals surface area contributed by atoms with Crippen molar-refractivity contribution < 1.29 is 9.59 Å². The van der Waals surface area contributed by atoms with Gasteiger partial charge in [-0.3, -0.25) is 14.4 Å². The van der Waals surface area contributed by atoms with Crippen LogP contribution in [0, 0.1) is 5.92 Å². The average Bonchev–Trinajstić information content (AvgIpc) is 2.84. The Labute approximate surface area is 135 Å². The number of primary amides is 1. The number of aromatic nitrogens is 2. The highest BCUT2D eigenvalue weighted by Crippen LogP contribution is 2.39. The third kappa shape index (κ3) is 3.02. The fourth-order valence-corrected chi connectivity index (χ4v) is 4.15. The summed E-state index contributed by atoms with van der Waals surface area (Å²) < 4.78 is 0. The molecule has 1 aliphatic carbocycles. The Bertz CT molecular complexity index is 819. The van der Waals surface area contributed by atoms with Crippen molar-refractivity contribution >= 4 is 28.2 Å². The van der Waals surface area contributed by atoms with Gasteiger partial charge in [-0.25, -0.2) is 5.10 Å². The highest BCUT2D eigenvalue weighted by atomic mass is 32.1. The standard InChI is InChI=1S/C15H16N4O3S/c1-7-2-3-8-10(6-7)23-15(12(8)13(16)21)17-14(22)9-4-5-11(20)19-18-9/h4-5,7H,2-3,6H2,1H3,(H2,16,21)(H,17,22)(H,19,20). The Hall–Kier alpha value is -2.48. The summed E-state index contributed by atoms with van der Waals surface area (Å²) in [4.78, 5) is 36.1. The molecule has 0 saturated carbocycles. The lowest BCUT2D eigenvalue weighted by Crippen LogP contribution is -2.20. The molecular weight excluding hydrogens is 316 g/mol. The maximum Gasteiger partial charge on any atom is 0.276 e. The van der Waals surface area contributed by atoms with E-state index in [0.29, 0.717) is 16.5 Å². The lowest BCUT2D eigenvalue weighted by atomic mass is 9.88. The van der Waals surface area contributed by atoms with Crippen LogP contribution < -0.4 is 16.6 Å². The summed E-state index contributed by atoms with van der Waals surface area (Å²) in [6.07, 6.45) is 2.67. The number of hydrogen-bond acceptors (Lipinski definition) is 5. The quantitative estimate of drug-likeness (QED) is 0.785. The first kappa shape index (κ1) is 15.4. The van der Waals surface area contributed by atoms with Gasteiger partial charge in [-0.1, -0.05) is 6.92 Å². The van der Waals surface area contributed by atoms with Crippen LogP contribution in [0.15, 0.2) is 16.9 Å². The first-order chi connectivity index (χ1) is 11.0. The highest BCUT2D eigenvalue weighted by Gasteiger charge is 2.27. The number of hydrogen-bond donors (Lipinski definition) is 3. The van der Waals surface area contributed by atoms with Crippen molar-refractivity contribution in [2.45, 2.75) is 26.2 Å². The van der Waals surface area contributed by atoms with Crippen molar-refractivity contribution in [1.82, 2.24) is 10.2 Å². The minimum absolute atomic E-state index is 0.0692. The third-order valence-corrected chi connectivity index (χ3v) is 5.07. The molecule has 0 bridgehead atoms. The fraction of sp³-hybridized carbons (Fsp3) is 0.333. The molecule has 7 nitrogen and oxygen atoms in total. The molecule has 0 aromatic carbocycles. The lowest BCUT2D eigenvalue weighted by molar-refractivity contribution is 0.1000. The number of anilines is 1. The van der Waals surface area contributed by atoms with Crippen molar-refractivity contribution in [2.75, 3.05) is 5.32 Å². The summed E-state index contributed by atoms with van der Waals surface area (Å²) in [5.41, 5.74) is 6.53. The average molecular weight is 332 g/mol. The van der Waals surface area contributed by atoms with E-state index in [4.69, 9.17) is 5.73 Å². The minimum atomic E-state index is -0.540. The van der Waals surface area contributed by atoms with Crippen LogP contribution in [-0.4, -0.2) is 22.0 Å². The van der Waals surface area contributed by atoms with E-state index in [1.165, 1.54) is 23.5 Å². The molecule has 23 heavy (non-hydrogen) atoms. The summed E-state index contributed by atoms with van der Waals surface area (Å²) in [6.45, 7) is 2.16. The van der Waals surface area contributed by atoms with E-state index in [1.807, 2.05) is 0 Å². The normalized spacial score (nSPS) is 16.7. The van der Waals surface area contributed by atoms with Gasteiger partial charge in [0, 0.05) is 10.9 Å². The van der Waals surface area contributed by atoms with Gasteiger partial charge < -0.3 is 11.1 Å². The predicted molar refractivity (Wildman–Crippen MR) is 86.8 cm³/mol. The van der Waals surface area contributed by atoms with Gasteiger partial charge in [0.05, 0.1) is 5.56 Å². The summed E-state index contributed by atoms with van der Waals surface area (Å²) in [5, 5.41) is 9.03. The second kappa shape index (κ2) is 5.96. The zero-order valence-electron chi connectivity index (χ0n) is 12.5. The number of nitrogens with one attached hydrogen (secondary N) is 2. The molecular formula is C15H16N4O3S. The van der Waals surface area contributed by atoms with Crippen molar-refractivity contribution in [2.24, 2.45) is 11.7 Å². The second-order valence-corrected chi connectivity index (χ2v) is 6.79. The predicted octanol–water partition coefficient (Wildman–Crippen LogP) is 1.31. The van der Waals surface area contributed by atoms with Crippen LogP contribution in [-0.2, 0) is 12.8 Å². The molecule has 0 aliphatic heterocycles. The van der Waals surface area contributed by atoms with Crippen LogP contribution >= 0.6 is 11.3 Å². The Morgan fingerprint density at radius 2 is 2.22 bits per heavy atom. The van der Waals surface area contributed by atoms with Crippen molar-refractivity contribution in [1.29, 1.82) is 0 Å². The number of H-pyrrole nitrogens is 1. The fourth-order valence-electron chi connectivity index (χ4n) is 2.74. The van der Waals surface area contributed by atoms with Crippen LogP contribution in [0.1, 0.15) is 44.6 Å². The van der Waals surface area contributed by atoms with Crippen LogP contribution in [0.3, 0.4) is 0 Å². The molecule has 2 heterocycles. The molecule has 1 atom stereocenters. The number of aromatic amines is 1. The second-order valence-electron chi connectivity index (χ2n) is 5.68. The van der Waals surface area contributed by atoms with E-state index < -0.39 is 11.8 Å². The van der Waals surface area contributed by atoms with Gasteiger partial charge in [-0.15, -0.1) is 11.3 Å². The largest absolute Gasteiger partial charge is 0.365 e. The Balaban J connectivity index is 1.93. The van der Waals surface area contributed by atoms with E-state index in [0.717, 1.165) is 29.7 Å². The van der Waals surface area contributed by atoms with E-state index in [2.05, 4.69) is 22.4 Å². The zero-order chi connectivity index (χ0) is 16.6. The number of nitrogens with zero attached hydrogens (tertiary/aromatic N) is 1. The van der Waals surface area contributed by atoms with E-state index in [-0.39, 0.29) is 11.3 Å². The lowest BCUT2D eigenvalue weighted by Gasteiger charge is -2.18. The first-order valence-electron chi connectivity index (χ1n) is 7.27. The summed E-state index contributed by atoms with van der Waals surface area (Å²) in [7, 11) is 0. The Morgan fingerprint density at radius 1 is 1.43 bits per heavy atom. The molecule has 1 unspecified atom stereocenters. The number of thiophene rings is 1. The number of carbonyl (C=O) groups excluding carboxylic acids is 2. The number of carbonyl (C=O) groups is 2. The number of nitrogens with two attached hydrogens (primary N) is 1. The Kier molecular flexibility index (Phi) is 3.99. The molecule has 120 valence electrons. The van der Waals surface area contributed by atoms with Crippen molar-refractivity contribution in [3.8, 4) is 0 Å². The van der Waals surface area contributed by atoms with Gasteiger partial charge in [0.2, 0.25) is 0 Å². The van der Waals surface area contributed by atoms with Crippen LogP contribution in [0.25, 0.3) is 0 Å². The number of amides is 2. The third-order valence-electron chi connectivity index (χ3n) is 3.90. The van der Waals surface area contributed by atoms with E-state index >= 15 is 0 Å². The monoisotopic (exact) mass is 332 g/mol. The highest BCUT2D eigenvalue weighted by molar-refractivity contribution is 7.17. The van der Waals surface area contributed by atoms with Gasteiger partial charge in [0.25, 0.3) is 17.4 Å². The number of fused-ring (bicyclic) bond motifs is 1. The summed E-state index contributed by atoms with van der Waals surface area (Å²) in [5.74, 6) is -0.483. The molecule has 1 aliphatic rings. The van der Waals surface area contributed by atoms with Gasteiger partial charge in [0.1, 0.15) is 10.7 Å². The smallest absolute Gasteiger partial charge is 0.276 e. The summed E-state index contributed by atoms with van der Waals surface area (Å²) >= 11 is 1.39. The molecule has 3 rings (SSSR count). The molecule has 0 radical (unpaired) electrons. The van der Waals surface area contributed by atoms with Gasteiger partial charge in [0.15, 0.2) is 0 Å². The van der Waals surface area contributed by atoms with Gasteiger partial charge in [-0.05, 0) is 36.8 Å². The molecule has 8 heteroatoms. The SMILES string of the molecule is CC1CCc2c(sc(NC(=O)c3ccc(=O)[nH]n3)c2C(N)=O)C1. The topological polar surface area (TPSA) is 118 Å². The molecule has 0 fully saturated rings. The van der Waals surface area contributed by atoms with Gasteiger partial charge in [-0.2, -0.15) is 5.10 Å². The molecule has 0 saturated heterocycles. The van der Waals surface area contributed by atoms with E-state index in [9.17, 15) is 14.4 Å². The van der Waals surface area contributed by atoms with E-state index in [1.54, 1.807) is 0 Å². The number of rotatable bonds is 3. The maximum absolute atomic E-state index is 12.2. The van der Waals surface area contributed by atoms with Crippen molar-refractivity contribution in [3.05, 3.63) is 44.2 Å². The maximum atomic E-state index is 12.2. The molecule has 4 N–H and O–H groups in total. The first-order valence-corrected chi connectivity index (χ1v) is 8.08. The minimum Gasteiger partial charge on any atom is -0.365 e. The van der Waals surface area contributed by atoms with Crippen LogP contribution in [0.2, 0.25) is 0 Å². The molecule has 2 aromatic rings. The summed E-state index contributed by atoms with van der Waals surface area (Å²) in [6, 6.07) is 2.55. The molecule has 2 amide bonds. The molecule has 0 spiro atoms. The van der Waals surface area contributed by atoms with Crippen LogP contribution in [0.5, 0.6) is 0 Å². The van der Waals surface area contributed by atoms with Gasteiger partial charge >= 0.3 is 0 Å². The van der Waals surface area contributed by atoms with Crippen LogP contribution in [0.4, 0.5) is 5.00 Å². The zero-order valence-corrected chi connectivity index (χ0v) is 13.3. The van der Waals surface area contributed by atoms with Crippen molar-refractivity contribution in [3.63, 3.8) is 0 Å².